The van der Waals surface area contributed by atoms with E-state index in [1.807, 2.05) is 0 Å². The van der Waals surface area contributed by atoms with Crippen LogP contribution >= 0.6 is 0 Å². The second kappa shape index (κ2) is 28.7. The molecule has 0 rings (SSSR count). The van der Waals surface area contributed by atoms with Crippen molar-refractivity contribution >= 4 is 0 Å². The molecule has 4 atom stereocenters. The summed E-state index contributed by atoms with van der Waals surface area (Å²) in [7, 11) is 5.55. The van der Waals surface area contributed by atoms with Crippen LogP contribution in [0.2, 0.25) is 0 Å². The minimum Gasteiger partial charge on any atom is -0.831 e. The van der Waals surface area contributed by atoms with Crippen LogP contribution < -0.4 is 20.4 Å². The molecule has 0 aromatic rings. The van der Waals surface area contributed by atoms with Crippen molar-refractivity contribution < 1.29 is 65.6 Å². The first-order chi connectivity index (χ1) is 9.08. The van der Waals surface area contributed by atoms with E-state index in [1.165, 1.54) is 56.1 Å². The number of methoxy groups -OCH3 is 4. The average Bonchev–Trinajstić information content (AvgIpc) is 2.40. The normalized spacial score (nSPS) is 14.3. The average molecular weight is 392 g/mol. The molecule has 0 heterocycles. The summed E-state index contributed by atoms with van der Waals surface area (Å²) in [5, 5.41) is 38.7. The molecule has 0 fully saturated rings. The molecule has 0 saturated heterocycles. The fourth-order valence-electron chi connectivity index (χ4n) is 0. The van der Waals surface area contributed by atoms with Gasteiger partial charge < -0.3 is 39.4 Å². The van der Waals surface area contributed by atoms with E-state index in [9.17, 15) is 20.4 Å². The zero-order valence-electron chi connectivity index (χ0n) is 14.1. The van der Waals surface area contributed by atoms with Gasteiger partial charge >= 0.3 is 26.2 Å². The molecule has 128 valence electrons. The number of hydrogen-bond acceptors (Lipinski definition) is 8. The predicted octanol–water partition coefficient (Wildman–Crippen LogP) is -2.65. The van der Waals surface area contributed by atoms with Crippen molar-refractivity contribution in [1.29, 1.82) is 0 Å². The fourth-order valence-corrected chi connectivity index (χ4v) is 0. The minimum atomic E-state index is -0.866. The molecule has 0 spiro atoms. The summed E-state index contributed by atoms with van der Waals surface area (Å²) in [6.07, 6.45) is -3.46. The summed E-state index contributed by atoms with van der Waals surface area (Å²) in [6, 6.07) is 0. The monoisotopic (exact) mass is 390 g/mol. The Bertz CT molecular complexity index is 113. The van der Waals surface area contributed by atoms with Gasteiger partial charge in [-0.15, -0.1) is 0 Å². The fraction of sp³-hybridized carbons (Fsp3) is 1.00. The molecule has 0 aromatic heterocycles. The van der Waals surface area contributed by atoms with Gasteiger partial charge in [0.15, 0.2) is 0 Å². The molecule has 0 aliphatic carbocycles. The van der Waals surface area contributed by atoms with Crippen molar-refractivity contribution in [2.75, 3.05) is 28.4 Å². The number of hydrogen-bond donors (Lipinski definition) is 0. The first-order valence-electron chi connectivity index (χ1n) is 5.83. The molecule has 0 aliphatic rings. The van der Waals surface area contributed by atoms with Gasteiger partial charge in [-0.1, -0.05) is 27.7 Å². The van der Waals surface area contributed by atoms with Crippen LogP contribution in [0.25, 0.3) is 0 Å². The van der Waals surface area contributed by atoms with E-state index >= 15 is 0 Å². The van der Waals surface area contributed by atoms with E-state index in [2.05, 4.69) is 18.9 Å². The summed E-state index contributed by atoms with van der Waals surface area (Å²) in [5.41, 5.74) is 0. The van der Waals surface area contributed by atoms with E-state index in [-0.39, 0.29) is 26.2 Å². The topological polar surface area (TPSA) is 129 Å². The van der Waals surface area contributed by atoms with E-state index in [4.69, 9.17) is 0 Å². The van der Waals surface area contributed by atoms with Crippen LogP contribution in [0.5, 0.6) is 0 Å². The predicted molar refractivity (Wildman–Crippen MR) is 65.9 cm³/mol. The van der Waals surface area contributed by atoms with Crippen molar-refractivity contribution in [3.05, 3.63) is 0 Å². The van der Waals surface area contributed by atoms with Gasteiger partial charge in [-0.2, -0.15) is 0 Å². The van der Waals surface area contributed by atoms with Crippen LogP contribution in [-0.2, 0) is 45.2 Å². The van der Waals surface area contributed by atoms with E-state index in [1.54, 1.807) is 0 Å². The van der Waals surface area contributed by atoms with Crippen LogP contribution in [-0.4, -0.2) is 53.6 Å². The molecule has 0 amide bonds. The summed E-state index contributed by atoms with van der Waals surface area (Å²) >= 11 is 0. The largest absolute Gasteiger partial charge is 4.00 e. The van der Waals surface area contributed by atoms with Crippen LogP contribution in [0.1, 0.15) is 27.7 Å². The molecule has 0 radical (unpaired) electrons. The third-order valence-corrected chi connectivity index (χ3v) is 1.33. The van der Waals surface area contributed by atoms with Gasteiger partial charge in [-0.05, 0) is 25.2 Å². The van der Waals surface area contributed by atoms with Gasteiger partial charge in [0.05, 0.1) is 0 Å². The number of rotatable bonds is 4. The molecule has 8 nitrogen and oxygen atoms in total. The third-order valence-electron chi connectivity index (χ3n) is 1.33. The Kier molecular flexibility index (Phi) is 45.4. The van der Waals surface area contributed by atoms with Crippen LogP contribution in [0.4, 0.5) is 0 Å². The van der Waals surface area contributed by atoms with Crippen LogP contribution in [0, 0.1) is 0 Å². The minimum absolute atomic E-state index is 0. The van der Waals surface area contributed by atoms with Gasteiger partial charge in [-0.25, -0.2) is 0 Å². The molecular weight excluding hydrogens is 363 g/mol. The van der Waals surface area contributed by atoms with Gasteiger partial charge in [0.1, 0.15) is 0 Å². The van der Waals surface area contributed by atoms with Gasteiger partial charge in [-0.3, -0.25) is 0 Å². The van der Waals surface area contributed by atoms with Crippen molar-refractivity contribution in [2.45, 2.75) is 52.9 Å². The van der Waals surface area contributed by atoms with Crippen LogP contribution in [0.3, 0.4) is 0 Å². The maximum atomic E-state index is 9.67. The zero-order valence-corrected chi connectivity index (χ0v) is 16.5. The van der Waals surface area contributed by atoms with E-state index < -0.39 is 25.2 Å². The SMILES string of the molecule is COC(C)[O-].COC(C)[O-].COC(C)[O-].COC(C)[O-].[Zr+4]. The maximum absolute atomic E-state index is 9.67. The molecule has 0 aromatic carbocycles. The molecule has 21 heavy (non-hydrogen) atoms. The quantitative estimate of drug-likeness (QED) is 0.475. The van der Waals surface area contributed by atoms with Crippen molar-refractivity contribution in [2.24, 2.45) is 0 Å². The first kappa shape index (κ1) is 33.2. The molecule has 4 unspecified atom stereocenters. The van der Waals surface area contributed by atoms with E-state index in [0.29, 0.717) is 0 Å². The van der Waals surface area contributed by atoms with Crippen molar-refractivity contribution in [1.82, 2.24) is 0 Å². The molecular formula is C12H28O8Zr. The van der Waals surface area contributed by atoms with Crippen molar-refractivity contribution in [3.63, 3.8) is 0 Å². The standard InChI is InChI=1S/4C3H7O2.Zr/c4*1-3(4)5-2;/h4*3H,1-2H3;/q4*-1;+4. The first-order valence-corrected chi connectivity index (χ1v) is 5.83. The van der Waals surface area contributed by atoms with Gasteiger partial charge in [0.25, 0.3) is 0 Å². The summed E-state index contributed by atoms with van der Waals surface area (Å²) in [6.45, 7) is 5.78. The summed E-state index contributed by atoms with van der Waals surface area (Å²) in [4.78, 5) is 0. The second-order valence-electron chi connectivity index (χ2n) is 3.21. The Balaban J connectivity index is -0.0000000533. The molecule has 0 saturated carbocycles. The Morgan fingerprint density at radius 3 is 0.524 bits per heavy atom. The van der Waals surface area contributed by atoms with Gasteiger partial charge in [0, 0.05) is 28.4 Å². The van der Waals surface area contributed by atoms with Crippen molar-refractivity contribution in [3.8, 4) is 0 Å². The van der Waals surface area contributed by atoms with Gasteiger partial charge in [0.2, 0.25) is 0 Å². The third kappa shape index (κ3) is 96.6. The van der Waals surface area contributed by atoms with E-state index in [0.717, 1.165) is 0 Å². The Hall–Kier alpha value is 0.563. The molecule has 0 bridgehead atoms. The Morgan fingerprint density at radius 1 is 0.476 bits per heavy atom. The Labute approximate surface area is 147 Å². The molecule has 0 aliphatic heterocycles. The smallest absolute Gasteiger partial charge is 0.831 e. The maximum Gasteiger partial charge on any atom is 4.00 e. The summed E-state index contributed by atoms with van der Waals surface area (Å²) in [5.74, 6) is 0. The second-order valence-corrected chi connectivity index (χ2v) is 3.21. The zero-order chi connectivity index (χ0) is 17.1. The summed E-state index contributed by atoms with van der Waals surface area (Å²) < 4.78 is 16.8. The van der Waals surface area contributed by atoms with Crippen LogP contribution in [0.15, 0.2) is 0 Å². The molecule has 9 heteroatoms. The Morgan fingerprint density at radius 2 is 0.524 bits per heavy atom. The molecule has 0 N–H and O–H groups in total. The number of ether oxygens (including phenoxy) is 4.